The van der Waals surface area contributed by atoms with Crippen molar-refractivity contribution in [1.29, 1.82) is 0 Å². The number of rotatable bonds is 6. The van der Waals surface area contributed by atoms with Crippen molar-refractivity contribution in [3.05, 3.63) is 58.5 Å². The first-order valence-electron chi connectivity index (χ1n) is 7.75. The highest BCUT2D eigenvalue weighted by atomic mass is 16.5. The Hall–Kier alpha value is -3.10. The molecule has 1 heterocycles. The number of hydrogen-bond acceptors (Lipinski definition) is 8. The number of hydrogen-bond donors (Lipinski definition) is 2. The normalized spacial score (nSPS) is 12.7. The minimum Gasteiger partial charge on any atom is -0.465 e. The molecule has 0 atom stereocenters. The van der Waals surface area contributed by atoms with E-state index >= 15 is 0 Å². The summed E-state index contributed by atoms with van der Waals surface area (Å²) in [5, 5.41) is 17.3. The predicted octanol–water partition coefficient (Wildman–Crippen LogP) is 0.872. The summed E-state index contributed by atoms with van der Waals surface area (Å²) in [7, 11) is 0. The zero-order valence-electron chi connectivity index (χ0n) is 13.4. The van der Waals surface area contributed by atoms with Crippen molar-refractivity contribution in [3.8, 4) is 0 Å². The number of ketones is 3. The first kappa shape index (κ1) is 17.7. The molecule has 26 heavy (non-hydrogen) atoms. The van der Waals surface area contributed by atoms with Crippen molar-refractivity contribution in [2.75, 3.05) is 6.61 Å². The van der Waals surface area contributed by atoms with Crippen molar-refractivity contribution >= 4 is 23.3 Å². The Morgan fingerprint density at radius 2 is 1.69 bits per heavy atom. The number of ether oxygens (including phenoxy) is 1. The van der Waals surface area contributed by atoms with Gasteiger partial charge in [0.15, 0.2) is 23.6 Å². The zero-order valence-corrected chi connectivity index (χ0v) is 13.4. The van der Waals surface area contributed by atoms with Crippen LogP contribution >= 0.6 is 0 Å². The van der Waals surface area contributed by atoms with Gasteiger partial charge in [0.2, 0.25) is 11.6 Å². The Labute approximate surface area is 147 Å². The van der Waals surface area contributed by atoms with Gasteiger partial charge < -0.3 is 19.4 Å². The van der Waals surface area contributed by atoms with Crippen LogP contribution in [-0.2, 0) is 9.53 Å². The van der Waals surface area contributed by atoms with E-state index in [2.05, 4.69) is 4.74 Å². The number of aliphatic hydroxyl groups excluding tert-OH is 1. The van der Waals surface area contributed by atoms with Crippen molar-refractivity contribution in [1.82, 2.24) is 0 Å². The van der Waals surface area contributed by atoms with Crippen LogP contribution < -0.4 is 0 Å². The minimum atomic E-state index is -1.62. The maximum absolute atomic E-state index is 12.5. The van der Waals surface area contributed by atoms with Gasteiger partial charge in [-0.3, -0.25) is 19.2 Å². The molecule has 0 aliphatic heterocycles. The molecule has 0 saturated carbocycles. The van der Waals surface area contributed by atoms with E-state index in [9.17, 15) is 19.2 Å². The topological polar surface area (TPSA) is 131 Å². The minimum absolute atomic E-state index is 0.0196. The van der Waals surface area contributed by atoms with Gasteiger partial charge in [0.25, 0.3) is 0 Å². The van der Waals surface area contributed by atoms with Gasteiger partial charge in [-0.2, -0.15) is 0 Å². The van der Waals surface area contributed by atoms with Crippen LogP contribution in [0.3, 0.4) is 0 Å². The van der Waals surface area contributed by atoms with Crippen LogP contribution in [-0.4, -0.2) is 46.4 Å². The highest BCUT2D eigenvalue weighted by molar-refractivity contribution is 6.28. The van der Waals surface area contributed by atoms with E-state index in [0.29, 0.717) is 0 Å². The number of esters is 1. The molecule has 3 rings (SSSR count). The monoisotopic (exact) mass is 358 g/mol. The number of carbonyl (C=O) groups excluding carboxylic acids is 4. The molecule has 1 aliphatic carbocycles. The molecule has 0 spiro atoms. The maximum atomic E-state index is 12.5. The Balaban J connectivity index is 1.76. The number of carbonyl (C=O) groups is 4. The summed E-state index contributed by atoms with van der Waals surface area (Å²) < 4.78 is 9.93. The first-order chi connectivity index (χ1) is 12.4. The lowest BCUT2D eigenvalue weighted by atomic mass is 9.88. The molecule has 0 saturated heterocycles. The molecular weight excluding hydrogens is 344 g/mol. The van der Waals surface area contributed by atoms with Gasteiger partial charge in [-0.05, 0) is 6.07 Å². The summed E-state index contributed by atoms with van der Waals surface area (Å²) in [4.78, 5) is 48.6. The van der Waals surface area contributed by atoms with E-state index in [0.717, 1.165) is 6.07 Å². The Morgan fingerprint density at radius 3 is 2.35 bits per heavy atom. The van der Waals surface area contributed by atoms with Crippen molar-refractivity contribution in [2.45, 2.75) is 19.1 Å². The fraction of sp³-hybridized carbons (Fsp3) is 0.222. The lowest BCUT2D eigenvalue weighted by Crippen LogP contribution is -2.18. The third-order valence-electron chi connectivity index (χ3n) is 3.82. The van der Waals surface area contributed by atoms with Gasteiger partial charge >= 0.3 is 5.97 Å². The van der Waals surface area contributed by atoms with E-state index in [1.165, 1.54) is 12.1 Å². The predicted molar refractivity (Wildman–Crippen MR) is 84.8 cm³/mol. The summed E-state index contributed by atoms with van der Waals surface area (Å²) in [6.45, 7) is -0.259. The van der Waals surface area contributed by atoms with Gasteiger partial charge in [-0.15, -0.1) is 0 Å². The Kier molecular flexibility index (Phi) is 4.79. The Bertz CT molecular complexity index is 853. The second-order valence-electron chi connectivity index (χ2n) is 5.65. The van der Waals surface area contributed by atoms with Crippen LogP contribution in [0.4, 0.5) is 0 Å². The smallest absolute Gasteiger partial charge is 0.313 e. The van der Waals surface area contributed by atoms with Gasteiger partial charge in [0, 0.05) is 17.5 Å². The lowest BCUT2D eigenvalue weighted by Gasteiger charge is -2.11. The molecule has 1 aliphatic rings. The van der Waals surface area contributed by atoms with E-state index in [-0.39, 0.29) is 41.2 Å². The number of benzene rings is 1. The van der Waals surface area contributed by atoms with Crippen molar-refractivity contribution in [2.24, 2.45) is 0 Å². The quantitative estimate of drug-likeness (QED) is 0.287. The summed E-state index contributed by atoms with van der Waals surface area (Å²) in [6, 6.07) is 7.40. The second kappa shape index (κ2) is 7.03. The highest BCUT2D eigenvalue weighted by Gasteiger charge is 2.34. The van der Waals surface area contributed by atoms with Crippen LogP contribution in [0.5, 0.6) is 0 Å². The average Bonchev–Trinajstić information content (AvgIpc) is 3.05. The third kappa shape index (κ3) is 3.32. The molecular formula is C18H14O8. The average molecular weight is 358 g/mol. The van der Waals surface area contributed by atoms with Crippen LogP contribution in [0.15, 0.2) is 34.7 Å². The van der Waals surface area contributed by atoms with E-state index in [1.807, 2.05) is 0 Å². The largest absolute Gasteiger partial charge is 0.465 e. The molecule has 1 aromatic carbocycles. The second-order valence-corrected chi connectivity index (χ2v) is 5.65. The van der Waals surface area contributed by atoms with Crippen LogP contribution in [0.2, 0.25) is 0 Å². The first-order valence-corrected chi connectivity index (χ1v) is 7.75. The van der Waals surface area contributed by atoms with Crippen molar-refractivity contribution in [3.63, 3.8) is 0 Å². The van der Waals surface area contributed by atoms with Gasteiger partial charge in [0.05, 0.1) is 12.2 Å². The number of aliphatic hydroxyl groups is 2. The summed E-state index contributed by atoms with van der Waals surface area (Å²) in [5.41, 5.74) is 0.404. The lowest BCUT2D eigenvalue weighted by molar-refractivity contribution is -0.145. The highest BCUT2D eigenvalue weighted by Crippen LogP contribution is 2.30. The maximum Gasteiger partial charge on any atom is 0.313 e. The third-order valence-corrected chi connectivity index (χ3v) is 3.82. The molecule has 0 radical (unpaired) electrons. The van der Waals surface area contributed by atoms with E-state index in [4.69, 9.17) is 14.6 Å². The van der Waals surface area contributed by atoms with Crippen LogP contribution in [0, 0.1) is 0 Å². The molecule has 0 bridgehead atoms. The molecule has 2 aromatic rings. The molecule has 8 nitrogen and oxygen atoms in total. The van der Waals surface area contributed by atoms with Gasteiger partial charge in [0.1, 0.15) is 6.42 Å². The SMILES string of the molecule is O=C(CC(=O)c1cc2c(o1)C(=O)c1ccccc1C2=O)OCCC(O)O. The molecule has 0 fully saturated rings. The Morgan fingerprint density at radius 1 is 1.04 bits per heavy atom. The summed E-state index contributed by atoms with van der Waals surface area (Å²) >= 11 is 0. The van der Waals surface area contributed by atoms with Crippen LogP contribution in [0.25, 0.3) is 0 Å². The molecule has 0 amide bonds. The fourth-order valence-corrected chi connectivity index (χ4v) is 2.56. The molecule has 1 aromatic heterocycles. The van der Waals surface area contributed by atoms with E-state index < -0.39 is 36.0 Å². The van der Waals surface area contributed by atoms with E-state index in [1.54, 1.807) is 12.1 Å². The zero-order chi connectivity index (χ0) is 18.8. The van der Waals surface area contributed by atoms with Crippen LogP contribution in [0.1, 0.15) is 55.4 Å². The fourth-order valence-electron chi connectivity index (χ4n) is 2.56. The molecule has 2 N–H and O–H groups in total. The molecule has 8 heteroatoms. The number of fused-ring (bicyclic) bond motifs is 2. The van der Waals surface area contributed by atoms with Crippen molar-refractivity contribution < 1.29 is 38.5 Å². The summed E-state index contributed by atoms with van der Waals surface area (Å²) in [5.74, 6) is -3.09. The summed E-state index contributed by atoms with van der Waals surface area (Å²) in [6.07, 6.45) is -2.46. The number of Topliss-reactive ketones (excluding diaryl/α,β-unsaturated/α-hetero) is 1. The standard InChI is InChI=1S/C18H14O8/c19-12(8-15(22)25-6-5-14(20)21)13-7-11-16(23)9-3-1-2-4-10(9)17(24)18(11)26-13/h1-4,7,14,20-21H,5-6,8H2. The van der Waals surface area contributed by atoms with Gasteiger partial charge in [-0.1, -0.05) is 24.3 Å². The molecule has 0 unspecified atom stereocenters. The number of furan rings is 1. The molecule has 134 valence electrons. The van der Waals surface area contributed by atoms with Gasteiger partial charge in [-0.25, -0.2) is 0 Å².